The van der Waals surface area contributed by atoms with Gasteiger partial charge in [0.15, 0.2) is 0 Å². The van der Waals surface area contributed by atoms with Crippen LogP contribution in [0.2, 0.25) is 0 Å². The molecule has 3 aromatic carbocycles. The fraction of sp³-hybridized carbons (Fsp3) is 0.290. The maximum Gasteiger partial charge on any atom is 0.417 e. The summed E-state index contributed by atoms with van der Waals surface area (Å²) in [7, 11) is 0. The first-order chi connectivity index (χ1) is 19.1. The van der Waals surface area contributed by atoms with Crippen molar-refractivity contribution >= 4 is 5.97 Å². The number of carboxylic acid groups (broad SMARTS) is 1. The van der Waals surface area contributed by atoms with E-state index in [-0.39, 0.29) is 24.5 Å². The highest BCUT2D eigenvalue weighted by Gasteiger charge is 2.38. The number of aromatic nitrogens is 1. The largest absolute Gasteiger partial charge is 0.492 e. The van der Waals surface area contributed by atoms with Gasteiger partial charge in [-0.15, -0.1) is 0 Å². The van der Waals surface area contributed by atoms with E-state index >= 15 is 0 Å². The number of alkyl halides is 3. The van der Waals surface area contributed by atoms with Crippen LogP contribution in [0.15, 0.2) is 59.1 Å². The molecular weight excluding hydrogens is 523 g/mol. The monoisotopic (exact) mass is 549 g/mol. The number of fused-ring (bicyclic) bond motifs is 2. The van der Waals surface area contributed by atoms with E-state index in [2.05, 4.69) is 5.16 Å². The third-order valence-electron chi connectivity index (χ3n) is 7.72. The number of carbonyl (C=O) groups is 1. The van der Waals surface area contributed by atoms with Crippen molar-refractivity contribution in [3.05, 3.63) is 88.3 Å². The molecule has 0 amide bonds. The van der Waals surface area contributed by atoms with Gasteiger partial charge in [0, 0.05) is 23.1 Å². The van der Waals surface area contributed by atoms with Crippen molar-refractivity contribution in [2.24, 2.45) is 0 Å². The second-order valence-electron chi connectivity index (χ2n) is 10.3. The Bertz CT molecular complexity index is 1590. The topological polar surface area (TPSA) is 81.8 Å². The molecule has 6 nitrogen and oxygen atoms in total. The van der Waals surface area contributed by atoms with Crippen LogP contribution in [-0.4, -0.2) is 22.8 Å². The number of halogens is 3. The first-order valence-electron chi connectivity index (χ1n) is 13.0. The molecule has 0 bridgehead atoms. The Morgan fingerprint density at radius 1 is 1.02 bits per heavy atom. The summed E-state index contributed by atoms with van der Waals surface area (Å²) in [6, 6.07) is 15.0. The van der Waals surface area contributed by atoms with Gasteiger partial charge in [0.2, 0.25) is 0 Å². The smallest absolute Gasteiger partial charge is 0.417 e. The van der Waals surface area contributed by atoms with Crippen molar-refractivity contribution in [2.75, 3.05) is 6.61 Å². The van der Waals surface area contributed by atoms with E-state index in [1.54, 1.807) is 49.4 Å². The Hall–Kier alpha value is -4.27. The van der Waals surface area contributed by atoms with Crippen LogP contribution in [0.1, 0.15) is 58.6 Å². The molecule has 2 atom stereocenters. The number of aliphatic carboxylic acids is 1. The maximum absolute atomic E-state index is 14.2. The quantitative estimate of drug-likeness (QED) is 0.266. The number of ether oxygens (including phenoxy) is 2. The summed E-state index contributed by atoms with van der Waals surface area (Å²) >= 11 is 0. The molecule has 1 unspecified atom stereocenters. The molecule has 1 aliphatic heterocycles. The van der Waals surface area contributed by atoms with Crippen LogP contribution in [0, 0.1) is 13.8 Å². The Morgan fingerprint density at radius 2 is 1.73 bits per heavy atom. The summed E-state index contributed by atoms with van der Waals surface area (Å²) in [5, 5.41) is 13.1. The predicted molar refractivity (Wildman–Crippen MR) is 140 cm³/mol. The van der Waals surface area contributed by atoms with E-state index in [0.717, 1.165) is 34.0 Å². The minimum absolute atomic E-state index is 0.0212. The first kappa shape index (κ1) is 26.0. The lowest BCUT2D eigenvalue weighted by molar-refractivity contribution is -0.138. The van der Waals surface area contributed by atoms with E-state index in [1.165, 1.54) is 6.07 Å². The summed E-state index contributed by atoms with van der Waals surface area (Å²) in [5.74, 6) is 0.639. The third kappa shape index (κ3) is 4.59. The molecular formula is C31H26F3NO5. The van der Waals surface area contributed by atoms with Crippen LogP contribution >= 0.6 is 0 Å². The fourth-order valence-electron chi connectivity index (χ4n) is 5.93. The van der Waals surface area contributed by atoms with Crippen LogP contribution in [0.5, 0.6) is 11.5 Å². The molecule has 4 aromatic rings. The molecule has 6 rings (SSSR count). The lowest BCUT2D eigenvalue weighted by Crippen LogP contribution is -2.10. The summed E-state index contributed by atoms with van der Waals surface area (Å²) in [5.41, 5.74) is 4.54. The van der Waals surface area contributed by atoms with Crippen LogP contribution in [-0.2, 0) is 17.4 Å². The number of benzene rings is 3. The van der Waals surface area contributed by atoms with E-state index in [0.29, 0.717) is 41.2 Å². The second kappa shape index (κ2) is 9.73. The van der Waals surface area contributed by atoms with Gasteiger partial charge in [-0.25, -0.2) is 0 Å². The standard InChI is InChI=1S/C31H26F3NO5/c1-16-29(17(2)40-35-16)18-3-5-19(6-4-18)30-24-10-12-26(23(24)9-11-25(30)31(32,33)34)39-21-7-8-22-20(13-28(36)37)15-38-27(22)14-21/h3-9,11,14,20,26H,10,12-13,15H2,1-2H3,(H,36,37)/t20?,26-/m1/s1. The Kier molecular flexibility index (Phi) is 6.32. The SMILES string of the molecule is Cc1noc(C)c1-c1ccc(-c2c(C(F)(F)F)ccc3c2CC[C@H]3Oc2ccc3c(c2)OCC3CC(=O)O)cc1. The highest BCUT2D eigenvalue weighted by atomic mass is 19.4. The van der Waals surface area contributed by atoms with Crippen molar-refractivity contribution in [1.29, 1.82) is 0 Å². The average molecular weight is 550 g/mol. The maximum atomic E-state index is 14.2. The molecule has 1 aliphatic carbocycles. The third-order valence-corrected chi connectivity index (χ3v) is 7.72. The normalized spacial score (nSPS) is 17.8. The van der Waals surface area contributed by atoms with Crippen LogP contribution < -0.4 is 9.47 Å². The zero-order chi connectivity index (χ0) is 28.2. The van der Waals surface area contributed by atoms with E-state index in [9.17, 15) is 18.0 Å². The molecule has 0 saturated carbocycles. The van der Waals surface area contributed by atoms with E-state index in [4.69, 9.17) is 19.1 Å². The molecule has 2 heterocycles. The molecule has 0 spiro atoms. The second-order valence-corrected chi connectivity index (χ2v) is 10.3. The molecule has 0 radical (unpaired) electrons. The Labute approximate surface area is 228 Å². The highest BCUT2D eigenvalue weighted by Crippen LogP contribution is 2.47. The van der Waals surface area contributed by atoms with Gasteiger partial charge < -0.3 is 19.1 Å². The van der Waals surface area contributed by atoms with Crippen molar-refractivity contribution in [3.63, 3.8) is 0 Å². The molecule has 40 heavy (non-hydrogen) atoms. The number of rotatable bonds is 6. The predicted octanol–water partition coefficient (Wildman–Crippen LogP) is 7.66. The van der Waals surface area contributed by atoms with Crippen molar-refractivity contribution in [1.82, 2.24) is 5.16 Å². The summed E-state index contributed by atoms with van der Waals surface area (Å²) in [6.07, 6.45) is -4.00. The fourth-order valence-corrected chi connectivity index (χ4v) is 5.93. The van der Waals surface area contributed by atoms with Gasteiger partial charge >= 0.3 is 12.1 Å². The minimum Gasteiger partial charge on any atom is -0.492 e. The summed E-state index contributed by atoms with van der Waals surface area (Å²) in [6.45, 7) is 3.92. The molecule has 0 saturated heterocycles. The molecule has 1 N–H and O–H groups in total. The molecule has 0 fully saturated rings. The molecule has 206 valence electrons. The first-order valence-corrected chi connectivity index (χ1v) is 13.0. The zero-order valence-corrected chi connectivity index (χ0v) is 21.8. The zero-order valence-electron chi connectivity index (χ0n) is 21.8. The van der Waals surface area contributed by atoms with Crippen molar-refractivity contribution in [3.8, 4) is 33.8 Å². The number of hydrogen-bond acceptors (Lipinski definition) is 5. The van der Waals surface area contributed by atoms with Crippen LogP contribution in [0.4, 0.5) is 13.2 Å². The summed E-state index contributed by atoms with van der Waals surface area (Å²) in [4.78, 5) is 11.1. The van der Waals surface area contributed by atoms with Gasteiger partial charge in [-0.2, -0.15) is 13.2 Å². The van der Waals surface area contributed by atoms with E-state index < -0.39 is 23.8 Å². The number of carboxylic acids is 1. The summed E-state index contributed by atoms with van der Waals surface area (Å²) < 4.78 is 59.8. The van der Waals surface area contributed by atoms with Crippen LogP contribution in [0.3, 0.4) is 0 Å². The molecule has 1 aromatic heterocycles. The number of aryl methyl sites for hydroxylation is 2. The Morgan fingerprint density at radius 3 is 2.38 bits per heavy atom. The van der Waals surface area contributed by atoms with Gasteiger partial charge in [0.05, 0.1) is 24.3 Å². The van der Waals surface area contributed by atoms with Crippen molar-refractivity contribution in [2.45, 2.75) is 51.3 Å². The van der Waals surface area contributed by atoms with Crippen LogP contribution in [0.25, 0.3) is 22.3 Å². The highest BCUT2D eigenvalue weighted by molar-refractivity contribution is 5.77. The Balaban J connectivity index is 1.33. The van der Waals surface area contributed by atoms with Gasteiger partial charge in [-0.05, 0) is 66.6 Å². The minimum atomic E-state index is -4.52. The molecule has 9 heteroatoms. The molecule has 2 aliphatic rings. The van der Waals surface area contributed by atoms with E-state index in [1.807, 2.05) is 6.92 Å². The van der Waals surface area contributed by atoms with Gasteiger partial charge in [0.25, 0.3) is 0 Å². The van der Waals surface area contributed by atoms with Crippen molar-refractivity contribution < 1.29 is 37.1 Å². The van der Waals surface area contributed by atoms with Gasteiger partial charge in [-0.1, -0.05) is 41.6 Å². The average Bonchev–Trinajstić information content (AvgIpc) is 3.60. The number of hydrogen-bond donors (Lipinski definition) is 1. The van der Waals surface area contributed by atoms with Gasteiger partial charge in [-0.3, -0.25) is 4.79 Å². The van der Waals surface area contributed by atoms with Gasteiger partial charge in [0.1, 0.15) is 23.4 Å². The lowest BCUT2D eigenvalue weighted by atomic mass is 9.90. The lowest BCUT2D eigenvalue weighted by Gasteiger charge is -2.20. The number of nitrogens with zero attached hydrogens (tertiary/aromatic N) is 1.